The minimum absolute atomic E-state index is 0.561. The second kappa shape index (κ2) is 8.51. The van der Waals surface area contributed by atoms with E-state index in [1.54, 1.807) is 11.9 Å². The van der Waals surface area contributed by atoms with Gasteiger partial charge in [0.1, 0.15) is 12.0 Å². The lowest BCUT2D eigenvalue weighted by atomic mass is 9.97. The molecule has 0 unspecified atom stereocenters. The van der Waals surface area contributed by atoms with Crippen LogP contribution in [-0.2, 0) is 6.42 Å². The summed E-state index contributed by atoms with van der Waals surface area (Å²) in [5, 5.41) is 6.70. The molecule has 1 aromatic carbocycles. The van der Waals surface area contributed by atoms with Crippen LogP contribution in [0.25, 0.3) is 0 Å². The molecule has 3 rings (SSSR count). The minimum atomic E-state index is 0.561. The molecule has 0 saturated carbocycles. The van der Waals surface area contributed by atoms with Crippen molar-refractivity contribution in [1.29, 1.82) is 0 Å². The zero-order valence-electron chi connectivity index (χ0n) is 14.9. The van der Waals surface area contributed by atoms with Crippen LogP contribution in [0.5, 0.6) is 0 Å². The Labute approximate surface area is 149 Å². The van der Waals surface area contributed by atoms with Gasteiger partial charge in [0.05, 0.1) is 0 Å². The third-order valence-corrected chi connectivity index (χ3v) is 4.66. The maximum Gasteiger partial charge on any atom is 0.159 e. The lowest BCUT2D eigenvalue weighted by Crippen LogP contribution is -2.10. The number of aryl methyl sites for hydroxylation is 1. The third-order valence-electron chi connectivity index (χ3n) is 4.66. The van der Waals surface area contributed by atoms with Gasteiger partial charge < -0.3 is 16.4 Å². The fourth-order valence-corrected chi connectivity index (χ4v) is 3.19. The van der Waals surface area contributed by atoms with Crippen molar-refractivity contribution < 1.29 is 0 Å². The van der Waals surface area contributed by atoms with Crippen molar-refractivity contribution >= 4 is 23.0 Å². The van der Waals surface area contributed by atoms with Gasteiger partial charge >= 0.3 is 0 Å². The molecule has 4 N–H and O–H groups in total. The van der Waals surface area contributed by atoms with E-state index in [-0.39, 0.29) is 0 Å². The maximum absolute atomic E-state index is 6.28. The molecule has 0 bridgehead atoms. The van der Waals surface area contributed by atoms with Gasteiger partial charge in [0.2, 0.25) is 0 Å². The number of nitrogens with one attached hydrogen (secondary N) is 2. The highest BCUT2D eigenvalue weighted by Gasteiger charge is 2.10. The average Bonchev–Trinajstić information content (AvgIpc) is 2.66. The van der Waals surface area contributed by atoms with Crippen LogP contribution < -0.4 is 16.4 Å². The Bertz CT molecular complexity index is 739. The van der Waals surface area contributed by atoms with E-state index in [4.69, 9.17) is 5.73 Å². The van der Waals surface area contributed by atoms with Crippen LogP contribution in [0.2, 0.25) is 0 Å². The SMILES string of the molecule is CCc1ccccc1Nc1ncnc(NCCC2=CCCCC2)c1N. The molecule has 0 spiro atoms. The minimum Gasteiger partial charge on any atom is -0.393 e. The molecule has 1 aliphatic carbocycles. The molecule has 0 saturated heterocycles. The van der Waals surface area contributed by atoms with Gasteiger partial charge in [0.25, 0.3) is 0 Å². The molecule has 0 amide bonds. The van der Waals surface area contributed by atoms with E-state index in [2.05, 4.69) is 39.7 Å². The van der Waals surface area contributed by atoms with Crippen molar-refractivity contribution in [3.8, 4) is 0 Å². The molecule has 0 radical (unpaired) electrons. The van der Waals surface area contributed by atoms with Crippen molar-refractivity contribution in [2.24, 2.45) is 0 Å². The van der Waals surface area contributed by atoms with Gasteiger partial charge in [-0.25, -0.2) is 9.97 Å². The Balaban J connectivity index is 1.66. The summed E-state index contributed by atoms with van der Waals surface area (Å²) in [6, 6.07) is 8.20. The van der Waals surface area contributed by atoms with E-state index >= 15 is 0 Å². The van der Waals surface area contributed by atoms with Crippen LogP contribution in [0.4, 0.5) is 23.0 Å². The lowest BCUT2D eigenvalue weighted by molar-refractivity contribution is 0.679. The Morgan fingerprint density at radius 1 is 1.12 bits per heavy atom. The van der Waals surface area contributed by atoms with Crippen LogP contribution in [-0.4, -0.2) is 16.5 Å². The summed E-state index contributed by atoms with van der Waals surface area (Å²) in [6.07, 6.45) is 11.0. The van der Waals surface area contributed by atoms with Crippen molar-refractivity contribution in [3.63, 3.8) is 0 Å². The molecule has 1 aliphatic rings. The van der Waals surface area contributed by atoms with E-state index in [1.807, 2.05) is 18.2 Å². The molecule has 0 aliphatic heterocycles. The number of para-hydroxylation sites is 1. The number of nitrogen functional groups attached to an aromatic ring is 1. The second-order valence-corrected chi connectivity index (χ2v) is 6.41. The number of allylic oxidation sites excluding steroid dienone is 1. The van der Waals surface area contributed by atoms with Gasteiger partial charge in [0, 0.05) is 12.2 Å². The number of rotatable bonds is 7. The lowest BCUT2D eigenvalue weighted by Gasteiger charge is -2.16. The number of hydrogen-bond acceptors (Lipinski definition) is 5. The van der Waals surface area contributed by atoms with Crippen LogP contribution >= 0.6 is 0 Å². The predicted octanol–water partition coefficient (Wildman–Crippen LogP) is 4.67. The van der Waals surface area contributed by atoms with E-state index in [0.717, 1.165) is 25.1 Å². The first-order chi connectivity index (χ1) is 12.3. The first-order valence-corrected chi connectivity index (χ1v) is 9.15. The van der Waals surface area contributed by atoms with Gasteiger partial charge in [0.15, 0.2) is 11.6 Å². The zero-order valence-corrected chi connectivity index (χ0v) is 14.9. The zero-order chi connectivity index (χ0) is 17.5. The van der Waals surface area contributed by atoms with Crippen LogP contribution in [0.3, 0.4) is 0 Å². The highest BCUT2D eigenvalue weighted by atomic mass is 15.1. The first kappa shape index (κ1) is 17.3. The first-order valence-electron chi connectivity index (χ1n) is 9.15. The number of hydrogen-bond donors (Lipinski definition) is 3. The normalized spacial score (nSPS) is 14.0. The van der Waals surface area contributed by atoms with Gasteiger partial charge in [-0.3, -0.25) is 0 Å². The summed E-state index contributed by atoms with van der Waals surface area (Å²) < 4.78 is 0. The fraction of sp³-hybridized carbons (Fsp3) is 0.400. The van der Waals surface area contributed by atoms with E-state index < -0.39 is 0 Å². The van der Waals surface area contributed by atoms with Crippen molar-refractivity contribution in [2.75, 3.05) is 22.9 Å². The van der Waals surface area contributed by atoms with Crippen molar-refractivity contribution in [1.82, 2.24) is 9.97 Å². The molecule has 0 fully saturated rings. The van der Waals surface area contributed by atoms with Crippen molar-refractivity contribution in [2.45, 2.75) is 45.4 Å². The monoisotopic (exact) mass is 337 g/mol. The second-order valence-electron chi connectivity index (χ2n) is 6.41. The number of nitrogens with zero attached hydrogens (tertiary/aromatic N) is 2. The van der Waals surface area contributed by atoms with Gasteiger partial charge in [-0.05, 0) is 50.2 Å². The molecular formula is C20H27N5. The quantitative estimate of drug-likeness (QED) is 0.640. The van der Waals surface area contributed by atoms with Crippen LogP contribution in [0.1, 0.15) is 44.6 Å². The van der Waals surface area contributed by atoms with Gasteiger partial charge in [-0.15, -0.1) is 0 Å². The predicted molar refractivity (Wildman–Crippen MR) is 105 cm³/mol. The molecule has 132 valence electrons. The van der Waals surface area contributed by atoms with E-state index in [9.17, 15) is 0 Å². The molecule has 0 atom stereocenters. The topological polar surface area (TPSA) is 75.9 Å². The summed E-state index contributed by atoms with van der Waals surface area (Å²) in [7, 11) is 0. The standard InChI is InChI=1S/C20H27N5/c1-2-16-10-6-7-11-17(16)25-20-18(21)19(23-14-24-20)22-13-12-15-8-4-3-5-9-15/h6-8,10-11,14H,2-5,9,12-13,21H2,1H3,(H2,22,23,24,25). The van der Waals surface area contributed by atoms with Gasteiger partial charge in [-0.1, -0.05) is 36.8 Å². The van der Waals surface area contributed by atoms with Crippen LogP contribution in [0.15, 0.2) is 42.2 Å². The molecule has 25 heavy (non-hydrogen) atoms. The average molecular weight is 337 g/mol. The van der Waals surface area contributed by atoms with Crippen molar-refractivity contribution in [3.05, 3.63) is 47.8 Å². The summed E-state index contributed by atoms with van der Waals surface area (Å²) in [4.78, 5) is 8.61. The number of nitrogens with two attached hydrogens (primary N) is 1. The smallest absolute Gasteiger partial charge is 0.159 e. The summed E-state index contributed by atoms with van der Waals surface area (Å²) in [6.45, 7) is 2.98. The molecule has 1 heterocycles. The highest BCUT2D eigenvalue weighted by molar-refractivity contribution is 5.78. The van der Waals surface area contributed by atoms with Crippen LogP contribution in [0, 0.1) is 0 Å². The number of anilines is 4. The number of aromatic nitrogens is 2. The molecule has 1 aromatic heterocycles. The molecular weight excluding hydrogens is 310 g/mol. The Hall–Kier alpha value is -2.56. The van der Waals surface area contributed by atoms with Gasteiger partial charge in [-0.2, -0.15) is 0 Å². The molecule has 2 aromatic rings. The Morgan fingerprint density at radius 2 is 1.96 bits per heavy atom. The fourth-order valence-electron chi connectivity index (χ4n) is 3.19. The Kier molecular flexibility index (Phi) is 5.88. The Morgan fingerprint density at radius 3 is 2.76 bits per heavy atom. The summed E-state index contributed by atoms with van der Waals surface area (Å²) >= 11 is 0. The van der Waals surface area contributed by atoms with E-state index in [1.165, 1.54) is 31.2 Å². The maximum atomic E-state index is 6.28. The third kappa shape index (κ3) is 4.50. The number of benzene rings is 1. The summed E-state index contributed by atoms with van der Waals surface area (Å²) in [5.41, 5.74) is 10.7. The highest BCUT2D eigenvalue weighted by Crippen LogP contribution is 2.28. The largest absolute Gasteiger partial charge is 0.393 e. The molecule has 5 nitrogen and oxygen atoms in total. The van der Waals surface area contributed by atoms with E-state index in [0.29, 0.717) is 17.3 Å². The molecule has 5 heteroatoms. The summed E-state index contributed by atoms with van der Waals surface area (Å²) in [5.74, 6) is 1.35.